The van der Waals surface area contributed by atoms with E-state index in [1.165, 1.54) is 148 Å². The van der Waals surface area contributed by atoms with Gasteiger partial charge in [0.05, 0.1) is 0 Å². The van der Waals surface area contributed by atoms with E-state index in [1.807, 2.05) is 0 Å². The Bertz CT molecular complexity index is 202. The summed E-state index contributed by atoms with van der Waals surface area (Å²) in [4.78, 5) is 0. The molecule has 0 unspecified atom stereocenters. The lowest BCUT2D eigenvalue weighted by Gasteiger charge is -2.05. The van der Waals surface area contributed by atoms with Crippen LogP contribution in [0.25, 0.3) is 0 Å². The van der Waals surface area contributed by atoms with Crippen molar-refractivity contribution in [2.24, 2.45) is 0 Å². The number of nitrogens with one attached hydrogen (secondary N) is 1. The van der Waals surface area contributed by atoms with Gasteiger partial charge in [0.25, 0.3) is 0 Å². The number of hydrogen-bond donors (Lipinski definition) is 1. The molecule has 1 heteroatoms. The van der Waals surface area contributed by atoms with E-state index in [1.54, 1.807) is 0 Å². The summed E-state index contributed by atoms with van der Waals surface area (Å²) in [5.74, 6) is 0. The Morgan fingerprint density at radius 3 is 0.808 bits per heavy atom. The van der Waals surface area contributed by atoms with Gasteiger partial charge < -0.3 is 5.32 Å². The second kappa shape index (κ2) is 25.0. The van der Waals surface area contributed by atoms with E-state index < -0.39 is 0 Å². The summed E-state index contributed by atoms with van der Waals surface area (Å²) in [6.45, 7) is 7.07. The Morgan fingerprint density at radius 2 is 0.538 bits per heavy atom. The Balaban J connectivity index is 2.95. The zero-order chi connectivity index (χ0) is 19.0. The zero-order valence-corrected chi connectivity index (χ0v) is 18.8. The molecule has 0 spiro atoms. The quantitative estimate of drug-likeness (QED) is 0.178. The first-order chi connectivity index (χ1) is 12.9. The van der Waals surface area contributed by atoms with Crippen LogP contribution in [0.2, 0.25) is 0 Å². The average molecular weight is 368 g/mol. The fraction of sp³-hybridized carbons (Fsp3) is 1.00. The van der Waals surface area contributed by atoms with Crippen LogP contribution >= 0.6 is 0 Å². The lowest BCUT2D eigenvalue weighted by molar-refractivity contribution is 0.521. The van der Waals surface area contributed by atoms with Crippen LogP contribution in [0.1, 0.15) is 149 Å². The van der Waals surface area contributed by atoms with Crippen LogP contribution in [-0.4, -0.2) is 13.1 Å². The maximum atomic E-state index is 3.61. The molecule has 0 saturated heterocycles. The molecule has 0 radical (unpaired) electrons. The van der Waals surface area contributed by atoms with Crippen LogP contribution in [0.4, 0.5) is 0 Å². The van der Waals surface area contributed by atoms with Gasteiger partial charge in [-0.2, -0.15) is 0 Å². The molecule has 1 N–H and O–H groups in total. The van der Waals surface area contributed by atoms with E-state index in [-0.39, 0.29) is 0 Å². The third-order valence-electron chi connectivity index (χ3n) is 5.66. The maximum absolute atomic E-state index is 3.61. The summed E-state index contributed by atoms with van der Waals surface area (Å²) in [5, 5.41) is 3.61. The number of unbranched alkanes of at least 4 members (excludes halogenated alkanes) is 19. The highest BCUT2D eigenvalue weighted by atomic mass is 14.8. The molecule has 0 amide bonds. The molecule has 0 aliphatic rings. The largest absolute Gasteiger partial charge is 0.317 e. The van der Waals surface area contributed by atoms with Gasteiger partial charge in [-0.1, -0.05) is 136 Å². The van der Waals surface area contributed by atoms with Gasteiger partial charge in [-0.3, -0.25) is 0 Å². The highest BCUT2D eigenvalue weighted by molar-refractivity contribution is 4.52. The van der Waals surface area contributed by atoms with Gasteiger partial charge in [-0.15, -0.1) is 0 Å². The summed E-state index contributed by atoms with van der Waals surface area (Å²) in [5.41, 5.74) is 0. The Hall–Kier alpha value is -0.0400. The molecular formula is C25H53N. The molecule has 0 aliphatic carbocycles. The van der Waals surface area contributed by atoms with E-state index >= 15 is 0 Å². The van der Waals surface area contributed by atoms with Crippen LogP contribution in [-0.2, 0) is 0 Å². The highest BCUT2D eigenvalue weighted by Crippen LogP contribution is 2.13. The fourth-order valence-electron chi connectivity index (χ4n) is 3.78. The van der Waals surface area contributed by atoms with Crippen LogP contribution in [0.3, 0.4) is 0 Å². The summed E-state index contributed by atoms with van der Waals surface area (Å²) < 4.78 is 0. The Kier molecular flexibility index (Phi) is 24.9. The van der Waals surface area contributed by atoms with E-state index in [2.05, 4.69) is 19.2 Å². The van der Waals surface area contributed by atoms with Crippen LogP contribution in [0.5, 0.6) is 0 Å². The molecule has 0 rings (SSSR count). The molecular weight excluding hydrogens is 314 g/mol. The van der Waals surface area contributed by atoms with Crippen molar-refractivity contribution in [3.05, 3.63) is 0 Å². The molecule has 0 aliphatic heterocycles. The van der Waals surface area contributed by atoms with Crippen molar-refractivity contribution < 1.29 is 0 Å². The average Bonchev–Trinajstić information content (AvgIpc) is 2.66. The minimum absolute atomic E-state index is 1.24. The molecule has 0 fully saturated rings. The molecule has 0 saturated carbocycles. The van der Waals surface area contributed by atoms with E-state index in [4.69, 9.17) is 0 Å². The molecule has 158 valence electrons. The second-order valence-electron chi connectivity index (χ2n) is 8.47. The smallest absolute Gasteiger partial charge is 0.00489 e. The maximum Gasteiger partial charge on any atom is -0.00489 e. The molecule has 26 heavy (non-hydrogen) atoms. The molecule has 0 aromatic heterocycles. The predicted molar refractivity (Wildman–Crippen MR) is 121 cm³/mol. The fourth-order valence-corrected chi connectivity index (χ4v) is 3.78. The molecule has 0 bridgehead atoms. The first-order valence-corrected chi connectivity index (χ1v) is 12.6. The van der Waals surface area contributed by atoms with Crippen molar-refractivity contribution in [1.82, 2.24) is 5.32 Å². The van der Waals surface area contributed by atoms with Crippen LogP contribution in [0, 0.1) is 0 Å². The van der Waals surface area contributed by atoms with Crippen LogP contribution in [0.15, 0.2) is 0 Å². The number of hydrogen-bond acceptors (Lipinski definition) is 1. The predicted octanol–water partition coefficient (Wildman–Crippen LogP) is 8.81. The summed E-state index contributed by atoms with van der Waals surface area (Å²) in [6.07, 6.45) is 30.3. The van der Waals surface area contributed by atoms with Crippen LogP contribution < -0.4 is 5.32 Å². The van der Waals surface area contributed by atoms with Gasteiger partial charge in [-0.25, -0.2) is 0 Å². The van der Waals surface area contributed by atoms with E-state index in [0.717, 1.165) is 0 Å². The molecule has 1 nitrogen and oxygen atoms in total. The van der Waals surface area contributed by atoms with Gasteiger partial charge in [0.2, 0.25) is 0 Å². The minimum atomic E-state index is 1.24. The van der Waals surface area contributed by atoms with Crippen molar-refractivity contribution in [2.75, 3.05) is 13.1 Å². The first-order valence-electron chi connectivity index (χ1n) is 12.6. The third kappa shape index (κ3) is 24.0. The summed E-state index contributed by atoms with van der Waals surface area (Å²) in [6, 6.07) is 0. The lowest BCUT2D eigenvalue weighted by atomic mass is 10.0. The van der Waals surface area contributed by atoms with E-state index in [0.29, 0.717) is 0 Å². The van der Waals surface area contributed by atoms with Gasteiger partial charge >= 0.3 is 0 Å². The standard InChI is InChI=1S/C25H53N/c1-3-5-7-9-10-11-12-13-14-15-16-17-18-19-21-23-25-26-24-22-20-8-6-4-2/h26H,3-25H2,1-2H3. The van der Waals surface area contributed by atoms with Gasteiger partial charge in [-0.05, 0) is 25.9 Å². The lowest BCUT2D eigenvalue weighted by Crippen LogP contribution is -2.16. The normalized spacial score (nSPS) is 11.3. The number of rotatable bonds is 23. The van der Waals surface area contributed by atoms with Crippen molar-refractivity contribution in [3.63, 3.8) is 0 Å². The molecule has 0 heterocycles. The third-order valence-corrected chi connectivity index (χ3v) is 5.66. The van der Waals surface area contributed by atoms with Crippen molar-refractivity contribution >= 4 is 0 Å². The van der Waals surface area contributed by atoms with E-state index in [9.17, 15) is 0 Å². The molecule has 0 atom stereocenters. The summed E-state index contributed by atoms with van der Waals surface area (Å²) >= 11 is 0. The molecule has 0 aromatic carbocycles. The highest BCUT2D eigenvalue weighted by Gasteiger charge is 1.95. The van der Waals surface area contributed by atoms with Gasteiger partial charge in [0, 0.05) is 0 Å². The zero-order valence-electron chi connectivity index (χ0n) is 18.8. The topological polar surface area (TPSA) is 12.0 Å². The van der Waals surface area contributed by atoms with Gasteiger partial charge in [0.15, 0.2) is 0 Å². The second-order valence-corrected chi connectivity index (χ2v) is 8.47. The Morgan fingerprint density at radius 1 is 0.308 bits per heavy atom. The van der Waals surface area contributed by atoms with Crippen molar-refractivity contribution in [1.29, 1.82) is 0 Å². The molecule has 0 aromatic rings. The van der Waals surface area contributed by atoms with Crippen molar-refractivity contribution in [2.45, 2.75) is 149 Å². The summed E-state index contributed by atoms with van der Waals surface area (Å²) in [7, 11) is 0. The first kappa shape index (κ1) is 26.0. The van der Waals surface area contributed by atoms with Gasteiger partial charge in [0.1, 0.15) is 0 Å². The minimum Gasteiger partial charge on any atom is -0.317 e. The monoisotopic (exact) mass is 367 g/mol. The van der Waals surface area contributed by atoms with Crippen molar-refractivity contribution in [3.8, 4) is 0 Å². The SMILES string of the molecule is CCCCCCCCCCCCCCCCCCNCCCCCCC. The Labute approximate surface area is 167 Å².